The maximum atomic E-state index is 12.1. The standard InChI is InChI=1S/C15H20N4O6/c1-15(2,3)25-14(20)17-9-7-16(8-10-17)13-11(18(21)22)5-4-6-12(13)19(23)24/h4-6H,7-10H2,1-3H3. The lowest BCUT2D eigenvalue weighted by Crippen LogP contribution is -2.50. The summed E-state index contributed by atoms with van der Waals surface area (Å²) in [7, 11) is 0. The number of hydrogen-bond donors (Lipinski definition) is 0. The molecule has 0 aliphatic carbocycles. The van der Waals surface area contributed by atoms with Crippen molar-refractivity contribution in [2.24, 2.45) is 0 Å². The van der Waals surface area contributed by atoms with E-state index in [1.165, 1.54) is 23.1 Å². The first-order chi connectivity index (χ1) is 11.6. The largest absolute Gasteiger partial charge is 0.444 e. The zero-order valence-corrected chi connectivity index (χ0v) is 14.3. The molecule has 1 aromatic rings. The van der Waals surface area contributed by atoms with E-state index in [4.69, 9.17) is 4.74 Å². The summed E-state index contributed by atoms with van der Waals surface area (Å²) < 4.78 is 5.29. The summed E-state index contributed by atoms with van der Waals surface area (Å²) in [6, 6.07) is 3.77. The molecule has 1 aliphatic rings. The number of nitro groups is 2. The molecule has 10 heteroatoms. The van der Waals surface area contributed by atoms with Crippen LogP contribution in [0.25, 0.3) is 0 Å². The molecule has 25 heavy (non-hydrogen) atoms. The lowest BCUT2D eigenvalue weighted by atomic mass is 10.2. The van der Waals surface area contributed by atoms with E-state index in [9.17, 15) is 25.0 Å². The van der Waals surface area contributed by atoms with Crippen LogP contribution >= 0.6 is 0 Å². The first-order valence-electron chi connectivity index (χ1n) is 7.75. The van der Waals surface area contributed by atoms with Gasteiger partial charge in [0.25, 0.3) is 11.4 Å². The molecular formula is C15H20N4O6. The third kappa shape index (κ3) is 4.34. The second-order valence-corrected chi connectivity index (χ2v) is 6.61. The molecule has 136 valence electrons. The molecule has 10 nitrogen and oxygen atoms in total. The molecular weight excluding hydrogens is 332 g/mol. The highest BCUT2D eigenvalue weighted by molar-refractivity contribution is 5.76. The minimum Gasteiger partial charge on any atom is -0.444 e. The van der Waals surface area contributed by atoms with Crippen molar-refractivity contribution in [1.29, 1.82) is 0 Å². The Kier molecular flexibility index (Phi) is 5.10. The summed E-state index contributed by atoms with van der Waals surface area (Å²) in [6.45, 7) is 6.29. The van der Waals surface area contributed by atoms with Gasteiger partial charge in [0.15, 0.2) is 5.69 Å². The van der Waals surface area contributed by atoms with Crippen LogP contribution in [0.15, 0.2) is 18.2 Å². The van der Waals surface area contributed by atoms with Crippen LogP contribution in [-0.2, 0) is 4.74 Å². The van der Waals surface area contributed by atoms with Gasteiger partial charge < -0.3 is 14.5 Å². The Morgan fingerprint density at radius 3 is 1.92 bits per heavy atom. The lowest BCUT2D eigenvalue weighted by molar-refractivity contribution is -0.392. The predicted molar refractivity (Wildman–Crippen MR) is 89.8 cm³/mol. The van der Waals surface area contributed by atoms with E-state index < -0.39 is 21.5 Å². The van der Waals surface area contributed by atoms with E-state index in [2.05, 4.69) is 0 Å². The maximum absolute atomic E-state index is 12.1. The van der Waals surface area contributed by atoms with Gasteiger partial charge in [0.1, 0.15) is 5.60 Å². The molecule has 0 spiro atoms. The number of hydrogen-bond acceptors (Lipinski definition) is 7. The molecule has 2 rings (SSSR count). The van der Waals surface area contributed by atoms with Crippen LogP contribution < -0.4 is 4.90 Å². The van der Waals surface area contributed by atoms with Gasteiger partial charge >= 0.3 is 6.09 Å². The van der Waals surface area contributed by atoms with E-state index >= 15 is 0 Å². The van der Waals surface area contributed by atoms with Crippen molar-refractivity contribution < 1.29 is 19.4 Å². The molecule has 1 aliphatic heterocycles. The number of benzene rings is 1. The zero-order chi connectivity index (χ0) is 18.8. The summed E-state index contributed by atoms with van der Waals surface area (Å²) in [5, 5.41) is 22.5. The van der Waals surface area contributed by atoms with Crippen molar-refractivity contribution in [3.63, 3.8) is 0 Å². The number of nitro benzene ring substituents is 2. The second-order valence-electron chi connectivity index (χ2n) is 6.61. The molecule has 1 amide bonds. The Balaban J connectivity index is 2.19. The van der Waals surface area contributed by atoms with Crippen LogP contribution in [0.1, 0.15) is 20.8 Å². The molecule has 0 bridgehead atoms. The number of carbonyl (C=O) groups is 1. The normalized spacial score (nSPS) is 15.0. The summed E-state index contributed by atoms with van der Waals surface area (Å²) in [6.07, 6.45) is -0.468. The number of amides is 1. The number of rotatable bonds is 3. The van der Waals surface area contributed by atoms with Gasteiger partial charge in [-0.15, -0.1) is 0 Å². The predicted octanol–water partition coefficient (Wildman–Crippen LogP) is 2.56. The minimum atomic E-state index is -0.636. The Morgan fingerprint density at radius 1 is 1.04 bits per heavy atom. The average Bonchev–Trinajstić information content (AvgIpc) is 2.52. The van der Waals surface area contributed by atoms with Gasteiger partial charge in [-0.2, -0.15) is 0 Å². The van der Waals surface area contributed by atoms with Crippen LogP contribution in [0.5, 0.6) is 0 Å². The highest BCUT2D eigenvalue weighted by Crippen LogP contribution is 2.37. The van der Waals surface area contributed by atoms with E-state index in [1.807, 2.05) is 0 Å². The molecule has 0 unspecified atom stereocenters. The summed E-state index contributed by atoms with van der Waals surface area (Å²) in [4.78, 5) is 36.3. The maximum Gasteiger partial charge on any atom is 0.410 e. The summed E-state index contributed by atoms with van der Waals surface area (Å²) in [5.74, 6) is 0. The molecule has 1 heterocycles. The third-order valence-corrected chi connectivity index (χ3v) is 3.63. The molecule has 1 aromatic carbocycles. The van der Waals surface area contributed by atoms with Crippen LogP contribution in [0.4, 0.5) is 21.9 Å². The molecule has 0 N–H and O–H groups in total. The van der Waals surface area contributed by atoms with Gasteiger partial charge in [0.2, 0.25) is 0 Å². The van der Waals surface area contributed by atoms with Gasteiger partial charge in [0.05, 0.1) is 9.85 Å². The molecule has 0 radical (unpaired) electrons. The van der Waals surface area contributed by atoms with Crippen molar-refractivity contribution in [1.82, 2.24) is 4.90 Å². The highest BCUT2D eigenvalue weighted by atomic mass is 16.6. The second kappa shape index (κ2) is 6.91. The van der Waals surface area contributed by atoms with Gasteiger partial charge in [0, 0.05) is 38.3 Å². The molecule has 1 fully saturated rings. The summed E-state index contributed by atoms with van der Waals surface area (Å²) >= 11 is 0. The number of carbonyl (C=O) groups excluding carboxylic acids is 1. The zero-order valence-electron chi connectivity index (χ0n) is 14.3. The smallest absolute Gasteiger partial charge is 0.410 e. The first-order valence-corrected chi connectivity index (χ1v) is 7.75. The highest BCUT2D eigenvalue weighted by Gasteiger charge is 2.33. The van der Waals surface area contributed by atoms with Crippen molar-refractivity contribution in [2.45, 2.75) is 26.4 Å². The third-order valence-electron chi connectivity index (χ3n) is 3.63. The number of para-hydroxylation sites is 1. The molecule has 1 saturated heterocycles. The number of anilines is 1. The monoisotopic (exact) mass is 352 g/mol. The van der Waals surface area contributed by atoms with E-state index in [0.29, 0.717) is 0 Å². The Labute approximate surface area is 144 Å². The minimum absolute atomic E-state index is 0.0265. The van der Waals surface area contributed by atoms with Crippen LogP contribution in [-0.4, -0.2) is 52.6 Å². The quantitative estimate of drug-likeness (QED) is 0.605. The van der Waals surface area contributed by atoms with Gasteiger partial charge in [-0.25, -0.2) is 4.79 Å². The molecule has 0 aromatic heterocycles. The van der Waals surface area contributed by atoms with Crippen molar-refractivity contribution >= 4 is 23.2 Å². The van der Waals surface area contributed by atoms with E-state index in [-0.39, 0.29) is 43.2 Å². The number of ether oxygens (including phenoxy) is 1. The van der Waals surface area contributed by atoms with Gasteiger partial charge in [-0.05, 0) is 26.8 Å². The van der Waals surface area contributed by atoms with Gasteiger partial charge in [-0.3, -0.25) is 20.2 Å². The topological polar surface area (TPSA) is 119 Å². The summed E-state index contributed by atoms with van der Waals surface area (Å²) in [5.41, 5.74) is -1.29. The Hall–Kier alpha value is -2.91. The van der Waals surface area contributed by atoms with Crippen molar-refractivity contribution in [2.75, 3.05) is 31.1 Å². The van der Waals surface area contributed by atoms with Crippen molar-refractivity contribution in [3.05, 3.63) is 38.4 Å². The number of piperazine rings is 1. The molecule has 0 atom stereocenters. The van der Waals surface area contributed by atoms with E-state index in [1.54, 1.807) is 25.7 Å². The fourth-order valence-corrected chi connectivity index (χ4v) is 2.58. The van der Waals surface area contributed by atoms with Crippen molar-refractivity contribution in [3.8, 4) is 0 Å². The fourth-order valence-electron chi connectivity index (χ4n) is 2.58. The SMILES string of the molecule is CC(C)(C)OC(=O)N1CCN(c2c([N+](=O)[O-])cccc2[N+](=O)[O-])CC1. The fraction of sp³-hybridized carbons (Fsp3) is 0.533. The van der Waals surface area contributed by atoms with E-state index in [0.717, 1.165) is 0 Å². The molecule has 0 saturated carbocycles. The van der Waals surface area contributed by atoms with Crippen LogP contribution in [0.2, 0.25) is 0 Å². The Morgan fingerprint density at radius 2 is 1.52 bits per heavy atom. The number of nitrogens with zero attached hydrogens (tertiary/aromatic N) is 4. The van der Waals surface area contributed by atoms with Gasteiger partial charge in [-0.1, -0.05) is 0 Å². The average molecular weight is 352 g/mol. The Bertz CT molecular complexity index is 660. The lowest BCUT2D eigenvalue weighted by Gasteiger charge is -2.36. The first kappa shape index (κ1) is 18.4. The van der Waals surface area contributed by atoms with Crippen LogP contribution in [0, 0.1) is 20.2 Å². The van der Waals surface area contributed by atoms with Crippen LogP contribution in [0.3, 0.4) is 0 Å².